The second-order valence-electron chi connectivity index (χ2n) is 24.3. The monoisotopic (exact) mass is 959 g/mol. The van der Waals surface area contributed by atoms with Crippen LogP contribution in [0, 0.1) is 0 Å². The van der Waals surface area contributed by atoms with Gasteiger partial charge < -0.3 is 8.97 Å². The molecule has 0 aromatic rings. The van der Waals surface area contributed by atoms with Gasteiger partial charge in [0.05, 0.1) is 53.4 Å². The number of unbranched alkanes of at least 4 members (excludes halogenated alkanes) is 49. The normalized spacial score (nSPS) is 12.3. The number of hydrogen-bond donors (Lipinski definition) is 0. The molecule has 0 heterocycles. The van der Waals surface area contributed by atoms with Crippen molar-refractivity contribution >= 4 is 0 Å². The van der Waals surface area contributed by atoms with Crippen molar-refractivity contribution in [1.82, 2.24) is 0 Å². The van der Waals surface area contributed by atoms with Crippen LogP contribution in [0.2, 0.25) is 0 Å². The molecule has 0 rings (SSSR count). The van der Waals surface area contributed by atoms with Gasteiger partial charge in [-0.3, -0.25) is 0 Å². The molecule has 410 valence electrons. The van der Waals surface area contributed by atoms with Crippen LogP contribution < -0.4 is 0 Å². The molecular formula is C66H138N2+2. The molecule has 68 heavy (non-hydrogen) atoms. The fourth-order valence-electron chi connectivity index (χ4n) is 11.7. The van der Waals surface area contributed by atoms with Crippen LogP contribution in [-0.2, 0) is 0 Å². The van der Waals surface area contributed by atoms with E-state index in [1.54, 1.807) is 0 Å². The zero-order chi connectivity index (χ0) is 49.4. The van der Waals surface area contributed by atoms with E-state index in [0.29, 0.717) is 0 Å². The number of nitrogens with zero attached hydrogens (tertiary/aromatic N) is 2. The Morgan fingerprint density at radius 1 is 0.132 bits per heavy atom. The minimum Gasteiger partial charge on any atom is -0.326 e. The zero-order valence-corrected chi connectivity index (χ0v) is 49.3. The molecule has 0 aromatic carbocycles. The van der Waals surface area contributed by atoms with Gasteiger partial charge in [0.2, 0.25) is 0 Å². The predicted molar refractivity (Wildman–Crippen MR) is 314 cm³/mol. The Morgan fingerprint density at radius 2 is 0.221 bits per heavy atom. The molecule has 0 saturated heterocycles. The summed E-state index contributed by atoms with van der Waals surface area (Å²) in [5.74, 6) is 0. The lowest BCUT2D eigenvalue weighted by Crippen LogP contribution is -2.46. The zero-order valence-electron chi connectivity index (χ0n) is 49.3. The average molecular weight is 960 g/mol. The van der Waals surface area contributed by atoms with E-state index in [1.165, 1.54) is 395 Å². The van der Waals surface area contributed by atoms with Gasteiger partial charge in [-0.2, -0.15) is 0 Å². The molecule has 0 atom stereocenters. The van der Waals surface area contributed by atoms with Crippen molar-refractivity contribution in [1.29, 1.82) is 0 Å². The highest BCUT2D eigenvalue weighted by atomic mass is 15.3. The second-order valence-corrected chi connectivity index (χ2v) is 24.3. The average Bonchev–Trinajstić information content (AvgIpc) is 3.34. The van der Waals surface area contributed by atoms with Crippen LogP contribution >= 0.6 is 0 Å². The van der Waals surface area contributed by atoms with E-state index in [4.69, 9.17) is 0 Å². The number of rotatable bonds is 61. The van der Waals surface area contributed by atoms with Crippen molar-refractivity contribution < 1.29 is 8.97 Å². The summed E-state index contributed by atoms with van der Waals surface area (Å²) in [6, 6.07) is 0. The van der Waals surface area contributed by atoms with E-state index < -0.39 is 0 Å². The van der Waals surface area contributed by atoms with E-state index in [9.17, 15) is 0 Å². The van der Waals surface area contributed by atoms with E-state index in [-0.39, 0.29) is 0 Å². The summed E-state index contributed by atoms with van der Waals surface area (Å²) in [5.41, 5.74) is 0. The minimum atomic E-state index is 1.37. The number of hydrogen-bond acceptors (Lipinski definition) is 0. The SMILES string of the molecule is CCCCCCCCCCCC[N+](C)(CCCCCCCCCCCC)CCCCCCCCCCCCCCCC[N+](C)(CCCCCCCCCCCC)CCCCCCCCCCCC. The fraction of sp³-hybridized carbons (Fsp3) is 1.00. The second kappa shape index (κ2) is 56.2. The van der Waals surface area contributed by atoms with Gasteiger partial charge in [-0.25, -0.2) is 0 Å². The maximum absolute atomic E-state index is 2.64. The molecule has 0 aliphatic heterocycles. The quantitative estimate of drug-likeness (QED) is 0.0421. The summed E-state index contributed by atoms with van der Waals surface area (Å²) in [6.45, 7) is 17.9. The van der Waals surface area contributed by atoms with Crippen LogP contribution in [0.3, 0.4) is 0 Å². The van der Waals surface area contributed by atoms with Crippen molar-refractivity contribution in [2.75, 3.05) is 53.4 Å². The number of quaternary nitrogens is 2. The Balaban J connectivity index is 4.25. The highest BCUT2D eigenvalue weighted by Gasteiger charge is 2.21. The molecule has 2 heteroatoms. The third-order valence-corrected chi connectivity index (χ3v) is 16.9. The van der Waals surface area contributed by atoms with E-state index in [0.717, 1.165) is 0 Å². The van der Waals surface area contributed by atoms with E-state index in [1.807, 2.05) is 0 Å². The first-order valence-electron chi connectivity index (χ1n) is 33.1. The molecule has 0 amide bonds. The maximum Gasteiger partial charge on any atom is 0.0784 e. The highest BCUT2D eigenvalue weighted by Crippen LogP contribution is 2.21. The molecule has 0 N–H and O–H groups in total. The topological polar surface area (TPSA) is 0 Å². The van der Waals surface area contributed by atoms with E-state index in [2.05, 4.69) is 41.8 Å². The molecule has 2 nitrogen and oxygen atoms in total. The first-order chi connectivity index (χ1) is 33.4. The first-order valence-corrected chi connectivity index (χ1v) is 33.1. The Bertz CT molecular complexity index is 777. The van der Waals surface area contributed by atoms with Crippen LogP contribution in [-0.4, -0.2) is 62.3 Å². The fourth-order valence-corrected chi connectivity index (χ4v) is 11.7. The van der Waals surface area contributed by atoms with Gasteiger partial charge in [0.15, 0.2) is 0 Å². The molecule has 0 spiro atoms. The van der Waals surface area contributed by atoms with Gasteiger partial charge in [-0.1, -0.05) is 297 Å². The van der Waals surface area contributed by atoms with Crippen molar-refractivity contribution in [3.8, 4) is 0 Å². The molecule has 0 aliphatic carbocycles. The van der Waals surface area contributed by atoms with Gasteiger partial charge in [0.25, 0.3) is 0 Å². The lowest BCUT2D eigenvalue weighted by molar-refractivity contribution is -0.910. The molecule has 0 unspecified atom stereocenters. The third kappa shape index (κ3) is 52.2. The summed E-state index contributed by atoms with van der Waals surface area (Å²) in [6.07, 6.45) is 79.1. The Kier molecular flexibility index (Phi) is 56.2. The first kappa shape index (κ1) is 67.9. The van der Waals surface area contributed by atoms with Crippen molar-refractivity contribution in [2.24, 2.45) is 0 Å². The van der Waals surface area contributed by atoms with Crippen LogP contribution in [0.25, 0.3) is 0 Å². The molecular weight excluding hydrogens is 821 g/mol. The maximum atomic E-state index is 2.64. The van der Waals surface area contributed by atoms with Crippen LogP contribution in [0.15, 0.2) is 0 Å². The highest BCUT2D eigenvalue weighted by molar-refractivity contribution is 4.56. The lowest BCUT2D eigenvalue weighted by atomic mass is 10.0. The molecule has 0 aliphatic rings. The molecule has 0 bridgehead atoms. The summed E-state index contributed by atoms with van der Waals surface area (Å²) >= 11 is 0. The van der Waals surface area contributed by atoms with Gasteiger partial charge in [0.1, 0.15) is 0 Å². The summed E-state index contributed by atoms with van der Waals surface area (Å²) in [7, 11) is 5.27. The van der Waals surface area contributed by atoms with Crippen LogP contribution in [0.1, 0.15) is 374 Å². The summed E-state index contributed by atoms with van der Waals surface area (Å²) < 4.78 is 2.73. The van der Waals surface area contributed by atoms with Crippen LogP contribution in [0.4, 0.5) is 0 Å². The van der Waals surface area contributed by atoms with Crippen LogP contribution in [0.5, 0.6) is 0 Å². The molecule has 0 saturated carbocycles. The molecule has 0 radical (unpaired) electrons. The van der Waals surface area contributed by atoms with Crippen molar-refractivity contribution in [3.63, 3.8) is 0 Å². The van der Waals surface area contributed by atoms with E-state index >= 15 is 0 Å². The Hall–Kier alpha value is -0.0800. The summed E-state index contributed by atoms with van der Waals surface area (Å²) in [4.78, 5) is 0. The Morgan fingerprint density at radius 3 is 0.324 bits per heavy atom. The molecule has 0 fully saturated rings. The largest absolute Gasteiger partial charge is 0.326 e. The van der Waals surface area contributed by atoms with Gasteiger partial charge in [-0.05, 0) is 77.0 Å². The molecule has 0 aromatic heterocycles. The van der Waals surface area contributed by atoms with Gasteiger partial charge in [0, 0.05) is 0 Å². The standard InChI is InChI=1S/C66H138N2/c1-7-11-15-19-23-27-37-43-49-55-61-67(5,62-56-50-44-38-28-24-20-16-12-8-2)65-59-53-47-41-35-33-31-32-34-36-42-48-54-60-66-68(6,63-57-51-45-39-29-25-21-17-13-9-3)64-58-52-46-40-30-26-22-18-14-10-4/h7-66H2,1-6H3/q+2. The summed E-state index contributed by atoms with van der Waals surface area (Å²) in [5, 5.41) is 0. The lowest BCUT2D eigenvalue weighted by Gasteiger charge is -2.35. The minimum absolute atomic E-state index is 1.37. The predicted octanol–water partition coefficient (Wildman–Crippen LogP) is 23.0. The Labute approximate surface area is 434 Å². The smallest absolute Gasteiger partial charge is 0.0784 e. The van der Waals surface area contributed by atoms with Gasteiger partial charge >= 0.3 is 0 Å². The van der Waals surface area contributed by atoms with Crippen molar-refractivity contribution in [3.05, 3.63) is 0 Å². The van der Waals surface area contributed by atoms with Gasteiger partial charge in [-0.15, -0.1) is 0 Å². The van der Waals surface area contributed by atoms with Crippen molar-refractivity contribution in [2.45, 2.75) is 374 Å². The third-order valence-electron chi connectivity index (χ3n) is 16.9.